The topological polar surface area (TPSA) is 41.3 Å². The van der Waals surface area contributed by atoms with Crippen molar-refractivity contribution in [3.05, 3.63) is 149 Å². The number of pyridine rings is 1. The Hall–Kier alpha value is -5.97. The average Bonchev–Trinajstić information content (AvgIpc) is 3.85. The number of hydrogen-bond donors (Lipinski definition) is 0. The number of fused-ring (bicyclic) bond motifs is 10. The monoisotopic (exact) mass is 836 g/mol. The van der Waals surface area contributed by atoms with Crippen LogP contribution in [0, 0.1) is 22.9 Å². The number of aromatic nitrogens is 5. The van der Waals surface area contributed by atoms with Gasteiger partial charge < -0.3 is 4.40 Å². The third-order valence-electron chi connectivity index (χ3n) is 10.2. The molecule has 7 heteroatoms. The fourth-order valence-electron chi connectivity index (χ4n) is 8.02. The van der Waals surface area contributed by atoms with Gasteiger partial charge in [0.1, 0.15) is 0 Å². The molecule has 5 aromatic heterocycles. The molecule has 5 heterocycles. The van der Waals surface area contributed by atoms with E-state index in [1.54, 1.807) is 0 Å². The van der Waals surface area contributed by atoms with E-state index in [-0.39, 0.29) is 0 Å². The second-order valence-corrected chi connectivity index (χ2v) is 14.2. The predicted molar refractivity (Wildman–Crippen MR) is 201 cm³/mol. The zero-order chi connectivity index (χ0) is 34.0. The van der Waals surface area contributed by atoms with Gasteiger partial charge in [0, 0.05) is 27.7 Å². The van der Waals surface area contributed by atoms with E-state index in [0.29, 0.717) is 11.5 Å². The van der Waals surface area contributed by atoms with Crippen LogP contribution >= 0.6 is 0 Å². The SMILES string of the molecule is Cc1ccnc(-n2c3[c-]c(Oc4[c-]c(-n5[c](=[Pt])n(C)c6ccccc65)ccc4)ccc3c3cc4c5cccc6c7ccccc7n(c4cc32)c65)c1. The first-order valence-corrected chi connectivity index (χ1v) is 18.0. The molecular formula is C44H27N5OPt-2. The van der Waals surface area contributed by atoms with Crippen LogP contribution in [0.2, 0.25) is 0 Å². The minimum atomic E-state index is 0.612. The molecule has 51 heavy (non-hydrogen) atoms. The van der Waals surface area contributed by atoms with Crippen LogP contribution in [0.5, 0.6) is 11.5 Å². The molecule has 0 saturated heterocycles. The van der Waals surface area contributed by atoms with Crippen molar-refractivity contribution in [3.8, 4) is 23.0 Å². The van der Waals surface area contributed by atoms with Crippen LogP contribution in [0.15, 0.2) is 128 Å². The molecule has 0 saturated carbocycles. The summed E-state index contributed by atoms with van der Waals surface area (Å²) in [7, 11) is 2.09. The van der Waals surface area contributed by atoms with Crippen molar-refractivity contribution >= 4 is 70.9 Å². The van der Waals surface area contributed by atoms with Crippen LogP contribution in [-0.2, 0) is 26.4 Å². The quantitative estimate of drug-likeness (QED) is 0.166. The fourth-order valence-corrected chi connectivity index (χ4v) is 8.84. The summed E-state index contributed by atoms with van der Waals surface area (Å²) in [5.74, 6) is 2.08. The van der Waals surface area contributed by atoms with Crippen molar-refractivity contribution in [1.29, 1.82) is 0 Å². The molecule has 0 unspecified atom stereocenters. The van der Waals surface area contributed by atoms with E-state index < -0.39 is 0 Å². The number of ether oxygens (including phenoxy) is 1. The second kappa shape index (κ2) is 10.5. The van der Waals surface area contributed by atoms with E-state index in [1.807, 2.05) is 30.5 Å². The molecule has 0 fully saturated rings. The summed E-state index contributed by atoms with van der Waals surface area (Å²) in [6.07, 6.45) is 1.88. The Kier molecular flexibility index (Phi) is 5.95. The molecule has 0 aliphatic carbocycles. The summed E-state index contributed by atoms with van der Waals surface area (Å²) in [5, 5.41) is 7.28. The zero-order valence-electron chi connectivity index (χ0n) is 27.6. The summed E-state index contributed by atoms with van der Waals surface area (Å²) < 4.78 is 16.7. The van der Waals surface area contributed by atoms with Crippen LogP contribution in [0.25, 0.3) is 82.4 Å². The summed E-state index contributed by atoms with van der Waals surface area (Å²) in [5.41, 5.74) is 9.96. The molecule has 0 N–H and O–H groups in total. The Morgan fingerprint density at radius 1 is 0.588 bits per heavy atom. The minimum Gasteiger partial charge on any atom is 0.0620 e. The van der Waals surface area contributed by atoms with Gasteiger partial charge in [0.05, 0.1) is 16.6 Å². The molecule has 6 aromatic carbocycles. The van der Waals surface area contributed by atoms with Gasteiger partial charge in [-0.15, -0.1) is 0 Å². The Morgan fingerprint density at radius 2 is 1.31 bits per heavy atom. The van der Waals surface area contributed by atoms with E-state index >= 15 is 0 Å². The third kappa shape index (κ3) is 4.02. The predicted octanol–water partition coefficient (Wildman–Crippen LogP) is 10.4. The van der Waals surface area contributed by atoms with E-state index in [0.717, 1.165) is 53.7 Å². The van der Waals surface area contributed by atoms with Crippen molar-refractivity contribution in [2.75, 3.05) is 0 Å². The summed E-state index contributed by atoms with van der Waals surface area (Å²) >= 11 is 2.37. The van der Waals surface area contributed by atoms with Crippen molar-refractivity contribution in [2.24, 2.45) is 7.05 Å². The minimum absolute atomic E-state index is 0.612. The molecule has 0 aliphatic rings. The smallest absolute Gasteiger partial charge is 0.0620 e. The summed E-state index contributed by atoms with van der Waals surface area (Å²) in [6, 6.07) is 50.0. The number of hydrogen-bond acceptors (Lipinski definition) is 2. The van der Waals surface area contributed by atoms with Crippen molar-refractivity contribution in [1.82, 2.24) is 23.1 Å². The maximum atomic E-state index is 6.55. The number of nitrogens with zero attached hydrogens (tertiary/aromatic N) is 5. The van der Waals surface area contributed by atoms with Crippen LogP contribution in [0.4, 0.5) is 0 Å². The molecule has 11 aromatic rings. The van der Waals surface area contributed by atoms with Gasteiger partial charge in [-0.25, -0.2) is 0 Å². The fraction of sp³-hybridized carbons (Fsp3) is 0.0455. The first-order chi connectivity index (χ1) is 25.0. The Morgan fingerprint density at radius 3 is 2.18 bits per heavy atom. The van der Waals surface area contributed by atoms with Crippen molar-refractivity contribution in [3.63, 3.8) is 0 Å². The van der Waals surface area contributed by atoms with Crippen LogP contribution < -0.4 is 4.74 Å². The number of rotatable bonds is 4. The molecule has 6 nitrogen and oxygen atoms in total. The number of aryl methyl sites for hydroxylation is 2. The van der Waals surface area contributed by atoms with Crippen LogP contribution in [-0.4, -0.2) is 23.1 Å². The molecule has 0 bridgehead atoms. The van der Waals surface area contributed by atoms with E-state index in [2.05, 4.69) is 161 Å². The van der Waals surface area contributed by atoms with Gasteiger partial charge in [0.15, 0.2) is 0 Å². The molecule has 246 valence electrons. The van der Waals surface area contributed by atoms with Crippen LogP contribution in [0.1, 0.15) is 5.56 Å². The molecular weight excluding hydrogens is 810 g/mol. The number of imidazole rings is 1. The standard InChI is InChI=1S/C44H27N5O.Pt/c1-27-19-20-45-43(21-27)48-40-23-30(50-29-10-7-9-28(22-29)47-26-46(2)38-15-5-6-16-39(38)47)17-18-32(40)35-24-36-34-13-8-12-33-31-11-3-4-14-37(31)49(44(33)34)42(36)25-41(35)48;/h3-21,24-25H,1-2H3;/q-2;. The first kappa shape index (κ1) is 28.8. The van der Waals surface area contributed by atoms with Gasteiger partial charge in [0.25, 0.3) is 0 Å². The van der Waals surface area contributed by atoms with Gasteiger partial charge in [-0.1, -0.05) is 36.4 Å². The van der Waals surface area contributed by atoms with Gasteiger partial charge in [-0.05, 0) is 24.6 Å². The molecule has 0 spiro atoms. The van der Waals surface area contributed by atoms with Crippen molar-refractivity contribution in [2.45, 2.75) is 6.92 Å². The molecule has 11 rings (SSSR count). The van der Waals surface area contributed by atoms with E-state index in [4.69, 9.17) is 9.72 Å². The average molecular weight is 837 g/mol. The van der Waals surface area contributed by atoms with Gasteiger partial charge in [-0.3, -0.25) is 0 Å². The van der Waals surface area contributed by atoms with Gasteiger partial charge >= 0.3 is 194 Å². The molecule has 0 atom stereocenters. The Balaban J connectivity index is 1.13. The van der Waals surface area contributed by atoms with Gasteiger partial charge in [-0.2, -0.15) is 0 Å². The van der Waals surface area contributed by atoms with E-state index in [9.17, 15) is 0 Å². The Bertz CT molecular complexity index is 3290. The molecule has 0 amide bonds. The van der Waals surface area contributed by atoms with Gasteiger partial charge in [0.2, 0.25) is 0 Å². The first-order valence-electron chi connectivity index (χ1n) is 16.9. The van der Waals surface area contributed by atoms with E-state index in [1.165, 1.54) is 38.1 Å². The summed E-state index contributed by atoms with van der Waals surface area (Å²) in [6.45, 7) is 2.10. The maximum absolute atomic E-state index is 6.55. The summed E-state index contributed by atoms with van der Waals surface area (Å²) in [4.78, 5) is 4.87. The second-order valence-electron chi connectivity index (χ2n) is 13.2. The van der Waals surface area contributed by atoms with Crippen LogP contribution in [0.3, 0.4) is 0 Å². The third-order valence-corrected chi connectivity index (χ3v) is 11.5. The Labute approximate surface area is 302 Å². The number of benzene rings is 6. The molecule has 0 radical (unpaired) electrons. The normalized spacial score (nSPS) is 12.2. The van der Waals surface area contributed by atoms with Crippen molar-refractivity contribution < 1.29 is 24.1 Å². The molecule has 0 aliphatic heterocycles. The zero-order valence-corrected chi connectivity index (χ0v) is 29.9. The number of para-hydroxylation sites is 4.